The molecule has 1 heterocycles. The van der Waals surface area contributed by atoms with Gasteiger partial charge in [-0.05, 0) is 42.9 Å². The summed E-state index contributed by atoms with van der Waals surface area (Å²) in [6.07, 6.45) is 3.83. The van der Waals surface area contributed by atoms with Crippen molar-refractivity contribution in [2.24, 2.45) is 10.9 Å². The fraction of sp³-hybridized carbons (Fsp3) is 0.417. The lowest BCUT2D eigenvalue weighted by Gasteiger charge is -2.21. The van der Waals surface area contributed by atoms with Gasteiger partial charge < -0.3 is 5.32 Å². The Bertz CT molecular complexity index is 1020. The van der Waals surface area contributed by atoms with Crippen LogP contribution in [0.5, 0.6) is 0 Å². The minimum absolute atomic E-state index is 0.0376. The van der Waals surface area contributed by atoms with Gasteiger partial charge in [-0.25, -0.2) is 8.42 Å². The zero-order chi connectivity index (χ0) is 22.3. The van der Waals surface area contributed by atoms with Crippen LogP contribution >= 0.6 is 0 Å². The molecule has 1 amide bonds. The first-order valence-corrected chi connectivity index (χ1v) is 12.4. The number of fused-ring (bicyclic) bond motifs is 1. The van der Waals surface area contributed by atoms with Crippen LogP contribution in [0, 0.1) is 5.92 Å². The lowest BCUT2D eigenvalue weighted by atomic mass is 9.97. The van der Waals surface area contributed by atoms with E-state index in [4.69, 9.17) is 0 Å². The monoisotopic (exact) mass is 441 g/mol. The second kappa shape index (κ2) is 10.6. The van der Waals surface area contributed by atoms with Crippen molar-refractivity contribution in [3.05, 3.63) is 65.7 Å². The predicted octanol–water partition coefficient (Wildman–Crippen LogP) is 4.19. The van der Waals surface area contributed by atoms with Crippen LogP contribution in [-0.4, -0.2) is 26.7 Å². The Labute approximate surface area is 185 Å². The lowest BCUT2D eigenvalue weighted by molar-refractivity contribution is -0.122. The third-order valence-electron chi connectivity index (χ3n) is 5.24. The van der Waals surface area contributed by atoms with Gasteiger partial charge in [-0.15, -0.1) is 0 Å². The summed E-state index contributed by atoms with van der Waals surface area (Å²) in [6, 6.07) is 17.0. The summed E-state index contributed by atoms with van der Waals surface area (Å²) < 4.78 is 26.7. The van der Waals surface area contributed by atoms with Crippen LogP contribution in [-0.2, 0) is 14.8 Å². The van der Waals surface area contributed by atoms with E-state index in [1.165, 1.54) is 0 Å². The number of benzene rings is 2. The van der Waals surface area contributed by atoms with Gasteiger partial charge in [0.1, 0.15) is 5.84 Å². The van der Waals surface area contributed by atoms with Crippen molar-refractivity contribution in [1.29, 1.82) is 0 Å². The SMILES string of the molecule is CC(C)CC(NC(=O)CCCCCN=C1NS(=O)(=O)c2ccccc21)c1ccccc1. The average Bonchev–Trinajstić information content (AvgIpc) is 3.01. The molecule has 0 radical (unpaired) electrons. The molecule has 1 aliphatic rings. The zero-order valence-corrected chi connectivity index (χ0v) is 19.0. The number of carbonyl (C=O) groups is 1. The topological polar surface area (TPSA) is 87.6 Å². The molecule has 0 aliphatic carbocycles. The molecule has 0 aromatic heterocycles. The molecule has 1 unspecified atom stereocenters. The molecule has 3 rings (SSSR count). The van der Waals surface area contributed by atoms with Crippen LogP contribution in [0.3, 0.4) is 0 Å². The van der Waals surface area contributed by atoms with E-state index in [1.54, 1.807) is 24.3 Å². The van der Waals surface area contributed by atoms with E-state index in [1.807, 2.05) is 18.2 Å². The number of sulfonamides is 1. The van der Waals surface area contributed by atoms with Crippen LogP contribution in [0.4, 0.5) is 0 Å². The van der Waals surface area contributed by atoms with Gasteiger partial charge in [0.2, 0.25) is 5.91 Å². The van der Waals surface area contributed by atoms with E-state index in [-0.39, 0.29) is 16.8 Å². The summed E-state index contributed by atoms with van der Waals surface area (Å²) >= 11 is 0. The minimum atomic E-state index is -3.49. The van der Waals surface area contributed by atoms with Crippen molar-refractivity contribution in [2.45, 2.75) is 56.9 Å². The summed E-state index contributed by atoms with van der Waals surface area (Å²) in [5.74, 6) is 0.966. The van der Waals surface area contributed by atoms with E-state index in [0.717, 1.165) is 31.2 Å². The summed E-state index contributed by atoms with van der Waals surface area (Å²) in [6.45, 7) is 4.84. The fourth-order valence-corrected chi connectivity index (χ4v) is 4.97. The third kappa shape index (κ3) is 6.40. The number of unbranched alkanes of at least 4 members (excludes halogenated alkanes) is 2. The molecular weight excluding hydrogens is 410 g/mol. The standard InChI is InChI=1S/C24H31N3O3S/c1-18(2)17-21(19-11-5-3-6-12-19)26-23(28)15-7-4-10-16-25-24-20-13-8-9-14-22(20)31(29,30)27-24/h3,5-6,8-9,11-14,18,21H,4,7,10,15-17H2,1-2H3,(H,25,27)(H,26,28). The highest BCUT2D eigenvalue weighted by Crippen LogP contribution is 2.23. The first-order chi connectivity index (χ1) is 14.9. The highest BCUT2D eigenvalue weighted by molar-refractivity contribution is 7.90. The minimum Gasteiger partial charge on any atom is -0.349 e. The Balaban J connectivity index is 1.43. The number of carbonyl (C=O) groups excluding carboxylic acids is 1. The van der Waals surface area contributed by atoms with E-state index >= 15 is 0 Å². The Morgan fingerprint density at radius 3 is 2.45 bits per heavy atom. The third-order valence-corrected chi connectivity index (χ3v) is 6.64. The molecule has 0 spiro atoms. The number of rotatable bonds is 10. The summed E-state index contributed by atoms with van der Waals surface area (Å²) in [4.78, 5) is 17.1. The van der Waals surface area contributed by atoms with E-state index in [0.29, 0.717) is 30.3 Å². The van der Waals surface area contributed by atoms with Gasteiger partial charge in [-0.3, -0.25) is 14.5 Å². The molecule has 6 nitrogen and oxygen atoms in total. The highest BCUT2D eigenvalue weighted by atomic mass is 32.2. The van der Waals surface area contributed by atoms with E-state index in [2.05, 4.69) is 41.0 Å². The highest BCUT2D eigenvalue weighted by Gasteiger charge is 2.29. The van der Waals surface area contributed by atoms with Crippen LogP contribution in [0.1, 0.15) is 63.1 Å². The van der Waals surface area contributed by atoms with Crippen molar-refractivity contribution < 1.29 is 13.2 Å². The molecule has 2 aromatic carbocycles. The van der Waals surface area contributed by atoms with Crippen molar-refractivity contribution in [1.82, 2.24) is 10.0 Å². The number of aliphatic imine (C=N–C) groups is 1. The van der Waals surface area contributed by atoms with Crippen molar-refractivity contribution in [3.63, 3.8) is 0 Å². The molecule has 166 valence electrons. The normalized spacial score (nSPS) is 16.7. The molecular formula is C24H31N3O3S. The molecule has 0 saturated carbocycles. The average molecular weight is 442 g/mol. The maximum atomic E-state index is 12.4. The second-order valence-electron chi connectivity index (χ2n) is 8.30. The number of hydrogen-bond acceptors (Lipinski definition) is 4. The van der Waals surface area contributed by atoms with Gasteiger partial charge in [0, 0.05) is 18.5 Å². The van der Waals surface area contributed by atoms with Gasteiger partial charge >= 0.3 is 0 Å². The molecule has 7 heteroatoms. The molecule has 2 N–H and O–H groups in total. The molecule has 2 aromatic rings. The summed E-state index contributed by atoms with van der Waals surface area (Å²) in [5.41, 5.74) is 1.76. The molecule has 31 heavy (non-hydrogen) atoms. The Kier molecular flexibility index (Phi) is 7.85. The molecule has 1 aliphatic heterocycles. The first kappa shape index (κ1) is 23.0. The van der Waals surface area contributed by atoms with Crippen LogP contribution in [0.2, 0.25) is 0 Å². The quantitative estimate of drug-likeness (QED) is 0.542. The number of hydrogen-bond donors (Lipinski definition) is 2. The molecule has 0 fully saturated rings. The van der Waals surface area contributed by atoms with Crippen molar-refractivity contribution in [3.8, 4) is 0 Å². The van der Waals surface area contributed by atoms with Gasteiger partial charge in [-0.1, -0.05) is 62.7 Å². The van der Waals surface area contributed by atoms with E-state index < -0.39 is 10.0 Å². The molecule has 0 saturated heterocycles. The van der Waals surface area contributed by atoms with Crippen LogP contribution in [0.25, 0.3) is 0 Å². The number of nitrogens with zero attached hydrogens (tertiary/aromatic N) is 1. The smallest absolute Gasteiger partial charge is 0.263 e. The van der Waals surface area contributed by atoms with E-state index in [9.17, 15) is 13.2 Å². The largest absolute Gasteiger partial charge is 0.349 e. The fourth-order valence-electron chi connectivity index (χ4n) is 3.72. The number of nitrogens with one attached hydrogen (secondary N) is 2. The van der Waals surface area contributed by atoms with Crippen LogP contribution in [0.15, 0.2) is 64.5 Å². The Morgan fingerprint density at radius 2 is 1.71 bits per heavy atom. The first-order valence-electron chi connectivity index (χ1n) is 10.9. The molecule has 1 atom stereocenters. The zero-order valence-electron chi connectivity index (χ0n) is 18.2. The van der Waals surface area contributed by atoms with Crippen molar-refractivity contribution >= 4 is 21.8 Å². The summed E-state index contributed by atoms with van der Waals surface area (Å²) in [7, 11) is -3.49. The maximum Gasteiger partial charge on any atom is 0.263 e. The van der Waals surface area contributed by atoms with Crippen LogP contribution < -0.4 is 10.0 Å². The van der Waals surface area contributed by atoms with Gasteiger partial charge in [0.15, 0.2) is 0 Å². The number of amidine groups is 1. The molecule has 0 bridgehead atoms. The maximum absolute atomic E-state index is 12.4. The number of amides is 1. The van der Waals surface area contributed by atoms with Gasteiger partial charge in [-0.2, -0.15) is 0 Å². The van der Waals surface area contributed by atoms with Gasteiger partial charge in [0.05, 0.1) is 10.9 Å². The predicted molar refractivity (Wildman–Crippen MR) is 123 cm³/mol. The second-order valence-corrected chi connectivity index (χ2v) is 9.95. The van der Waals surface area contributed by atoms with Gasteiger partial charge in [0.25, 0.3) is 10.0 Å². The Morgan fingerprint density at radius 1 is 1.00 bits per heavy atom. The lowest BCUT2D eigenvalue weighted by Crippen LogP contribution is -2.29. The van der Waals surface area contributed by atoms with Crippen molar-refractivity contribution in [2.75, 3.05) is 6.54 Å². The Hall–Kier alpha value is -2.67. The summed E-state index contributed by atoms with van der Waals surface area (Å²) in [5, 5.41) is 3.18.